The summed E-state index contributed by atoms with van der Waals surface area (Å²) in [7, 11) is 1.58. The zero-order valence-electron chi connectivity index (χ0n) is 13.9. The first-order valence-corrected chi connectivity index (χ1v) is 8.60. The molecule has 3 fully saturated rings. The lowest BCUT2D eigenvalue weighted by Gasteiger charge is -2.34. The minimum absolute atomic E-state index is 0.0734. The molecule has 0 aromatic rings. The van der Waals surface area contributed by atoms with Gasteiger partial charge in [-0.25, -0.2) is 4.79 Å². The Labute approximate surface area is 137 Å². The molecule has 7 heteroatoms. The fraction of sp³-hybridized carbons (Fsp3) is 0.812. The second kappa shape index (κ2) is 6.86. The van der Waals surface area contributed by atoms with Crippen molar-refractivity contribution in [3.63, 3.8) is 0 Å². The van der Waals surface area contributed by atoms with E-state index in [1.165, 1.54) is 30.8 Å². The van der Waals surface area contributed by atoms with Crippen molar-refractivity contribution in [2.45, 2.75) is 25.7 Å². The summed E-state index contributed by atoms with van der Waals surface area (Å²) in [6.45, 7) is 5.02. The zero-order valence-corrected chi connectivity index (χ0v) is 13.9. The Morgan fingerprint density at radius 1 is 1.09 bits per heavy atom. The van der Waals surface area contributed by atoms with Gasteiger partial charge < -0.3 is 14.7 Å². The first-order valence-electron chi connectivity index (χ1n) is 8.60. The SMILES string of the molecule is CN1CC(=O)N(CC(=O)N2CCC(CN3CCCC3)CC2)C1=O. The van der Waals surface area contributed by atoms with E-state index in [2.05, 4.69) is 4.90 Å². The molecule has 0 spiro atoms. The summed E-state index contributed by atoms with van der Waals surface area (Å²) < 4.78 is 0. The summed E-state index contributed by atoms with van der Waals surface area (Å²) in [5, 5.41) is 0. The van der Waals surface area contributed by atoms with Crippen LogP contribution >= 0.6 is 0 Å². The number of rotatable bonds is 4. The summed E-state index contributed by atoms with van der Waals surface area (Å²) in [6.07, 6.45) is 4.65. The summed E-state index contributed by atoms with van der Waals surface area (Å²) in [5.41, 5.74) is 0. The predicted molar refractivity (Wildman–Crippen MR) is 84.7 cm³/mol. The van der Waals surface area contributed by atoms with Crippen LogP contribution in [0.3, 0.4) is 0 Å². The number of urea groups is 1. The number of hydrogen-bond donors (Lipinski definition) is 0. The second-order valence-corrected chi connectivity index (χ2v) is 6.95. The average molecular weight is 322 g/mol. The van der Waals surface area contributed by atoms with Crippen LogP contribution in [-0.2, 0) is 9.59 Å². The molecule has 3 aliphatic heterocycles. The molecule has 0 aromatic heterocycles. The highest BCUT2D eigenvalue weighted by Gasteiger charge is 2.36. The summed E-state index contributed by atoms with van der Waals surface area (Å²) in [4.78, 5) is 42.7. The van der Waals surface area contributed by atoms with Gasteiger partial charge in [-0.15, -0.1) is 0 Å². The van der Waals surface area contributed by atoms with E-state index in [0.29, 0.717) is 5.92 Å². The molecule has 0 saturated carbocycles. The predicted octanol–water partition coefficient (Wildman–Crippen LogP) is 0.215. The van der Waals surface area contributed by atoms with Crippen molar-refractivity contribution < 1.29 is 14.4 Å². The molecular weight excluding hydrogens is 296 g/mol. The molecule has 0 N–H and O–H groups in total. The molecule has 4 amide bonds. The van der Waals surface area contributed by atoms with Gasteiger partial charge in [0.2, 0.25) is 5.91 Å². The van der Waals surface area contributed by atoms with E-state index in [0.717, 1.165) is 37.4 Å². The monoisotopic (exact) mass is 322 g/mol. The molecule has 0 radical (unpaired) electrons. The fourth-order valence-electron chi connectivity index (χ4n) is 3.75. The number of likely N-dealkylation sites (tertiary alicyclic amines) is 2. The van der Waals surface area contributed by atoms with Crippen LogP contribution in [0.2, 0.25) is 0 Å². The molecule has 3 rings (SSSR count). The smallest absolute Gasteiger partial charge is 0.327 e. The van der Waals surface area contributed by atoms with Crippen molar-refractivity contribution in [3.05, 3.63) is 0 Å². The van der Waals surface area contributed by atoms with Crippen molar-refractivity contribution in [3.8, 4) is 0 Å². The molecule has 0 bridgehead atoms. The lowest BCUT2D eigenvalue weighted by atomic mass is 9.96. The Hall–Kier alpha value is -1.63. The van der Waals surface area contributed by atoms with E-state index in [9.17, 15) is 14.4 Å². The molecule has 0 atom stereocenters. The van der Waals surface area contributed by atoms with Crippen molar-refractivity contribution in [1.29, 1.82) is 0 Å². The van der Waals surface area contributed by atoms with E-state index in [1.807, 2.05) is 0 Å². The average Bonchev–Trinajstić information content (AvgIpc) is 3.12. The number of piperidine rings is 1. The van der Waals surface area contributed by atoms with E-state index in [4.69, 9.17) is 0 Å². The Morgan fingerprint density at radius 3 is 2.30 bits per heavy atom. The quantitative estimate of drug-likeness (QED) is 0.694. The van der Waals surface area contributed by atoms with Gasteiger partial charge in [0, 0.05) is 26.7 Å². The third kappa shape index (κ3) is 3.65. The molecular formula is C16H26N4O3. The fourth-order valence-corrected chi connectivity index (χ4v) is 3.75. The van der Waals surface area contributed by atoms with E-state index >= 15 is 0 Å². The number of nitrogens with zero attached hydrogens (tertiary/aromatic N) is 4. The number of carbonyl (C=O) groups is 3. The van der Waals surface area contributed by atoms with Gasteiger partial charge in [0.1, 0.15) is 13.1 Å². The van der Waals surface area contributed by atoms with Crippen molar-refractivity contribution in [2.75, 3.05) is 52.9 Å². The summed E-state index contributed by atoms with van der Waals surface area (Å²) in [5.74, 6) is 0.273. The minimum Gasteiger partial charge on any atom is -0.341 e. The maximum Gasteiger partial charge on any atom is 0.327 e. The highest BCUT2D eigenvalue weighted by Crippen LogP contribution is 2.21. The van der Waals surface area contributed by atoms with Crippen molar-refractivity contribution >= 4 is 17.8 Å². The maximum absolute atomic E-state index is 12.4. The van der Waals surface area contributed by atoms with Crippen molar-refractivity contribution in [1.82, 2.24) is 19.6 Å². The number of likely N-dealkylation sites (N-methyl/N-ethyl adjacent to an activating group) is 1. The van der Waals surface area contributed by atoms with Crippen LogP contribution in [0.4, 0.5) is 4.79 Å². The van der Waals surface area contributed by atoms with Crippen LogP contribution in [0.25, 0.3) is 0 Å². The minimum atomic E-state index is -0.368. The Kier molecular flexibility index (Phi) is 4.84. The Morgan fingerprint density at radius 2 is 1.74 bits per heavy atom. The van der Waals surface area contributed by atoms with Crippen LogP contribution in [0.1, 0.15) is 25.7 Å². The van der Waals surface area contributed by atoms with Gasteiger partial charge in [-0.3, -0.25) is 14.5 Å². The van der Waals surface area contributed by atoms with Crippen LogP contribution in [0, 0.1) is 5.92 Å². The third-order valence-electron chi connectivity index (χ3n) is 5.21. The highest BCUT2D eigenvalue weighted by molar-refractivity contribution is 6.04. The molecule has 3 saturated heterocycles. The molecule has 7 nitrogen and oxygen atoms in total. The molecule has 23 heavy (non-hydrogen) atoms. The van der Waals surface area contributed by atoms with Crippen LogP contribution < -0.4 is 0 Å². The topological polar surface area (TPSA) is 64.2 Å². The zero-order chi connectivity index (χ0) is 16.4. The largest absolute Gasteiger partial charge is 0.341 e. The van der Waals surface area contributed by atoms with Crippen molar-refractivity contribution in [2.24, 2.45) is 5.92 Å². The molecule has 0 aliphatic carbocycles. The van der Waals surface area contributed by atoms with Gasteiger partial charge in [0.15, 0.2) is 0 Å². The Bertz CT molecular complexity index is 482. The van der Waals surface area contributed by atoms with Gasteiger partial charge in [-0.1, -0.05) is 0 Å². The first-order chi connectivity index (χ1) is 11.0. The lowest BCUT2D eigenvalue weighted by molar-refractivity contribution is -0.137. The van der Waals surface area contributed by atoms with Crippen LogP contribution in [0.15, 0.2) is 0 Å². The highest BCUT2D eigenvalue weighted by atomic mass is 16.2. The summed E-state index contributed by atoms with van der Waals surface area (Å²) in [6, 6.07) is -0.368. The normalized spacial score (nSPS) is 24.1. The molecule has 0 unspecified atom stereocenters. The van der Waals surface area contributed by atoms with Crippen LogP contribution in [-0.4, -0.2) is 90.3 Å². The number of imide groups is 1. The van der Waals surface area contributed by atoms with Crippen LogP contribution in [0.5, 0.6) is 0 Å². The molecule has 3 aliphatic rings. The maximum atomic E-state index is 12.4. The van der Waals surface area contributed by atoms with E-state index in [1.54, 1.807) is 11.9 Å². The van der Waals surface area contributed by atoms with Gasteiger partial charge in [0.25, 0.3) is 5.91 Å². The van der Waals surface area contributed by atoms with Gasteiger partial charge in [-0.05, 0) is 44.7 Å². The van der Waals surface area contributed by atoms with E-state index < -0.39 is 0 Å². The molecule has 3 heterocycles. The number of carbonyl (C=O) groups excluding carboxylic acids is 3. The Balaban J connectivity index is 1.44. The van der Waals surface area contributed by atoms with Gasteiger partial charge in [0.05, 0.1) is 0 Å². The van der Waals surface area contributed by atoms with Gasteiger partial charge in [-0.2, -0.15) is 0 Å². The molecule has 0 aromatic carbocycles. The lowest BCUT2D eigenvalue weighted by Crippen LogP contribution is -2.47. The summed E-state index contributed by atoms with van der Waals surface area (Å²) >= 11 is 0. The first kappa shape index (κ1) is 16.2. The standard InChI is InChI=1S/C16H26N4O3/c1-17-11-15(22)20(16(17)23)12-14(21)19-8-4-13(5-9-19)10-18-6-2-3-7-18/h13H,2-12H2,1H3. The van der Waals surface area contributed by atoms with Gasteiger partial charge >= 0.3 is 6.03 Å². The second-order valence-electron chi connectivity index (χ2n) is 6.95. The third-order valence-corrected chi connectivity index (χ3v) is 5.21. The number of amides is 4. The molecule has 128 valence electrons. The van der Waals surface area contributed by atoms with E-state index in [-0.39, 0.29) is 30.9 Å². The number of hydrogen-bond acceptors (Lipinski definition) is 4.